The van der Waals surface area contributed by atoms with Gasteiger partial charge in [-0.05, 0) is 37.9 Å². The number of rotatable bonds is 4. The Labute approximate surface area is 119 Å². The Morgan fingerprint density at radius 1 is 1.20 bits per heavy atom. The molecule has 1 heterocycles. The summed E-state index contributed by atoms with van der Waals surface area (Å²) in [6, 6.07) is 14.9. The standard InChI is InChI=1S/C17H19N3/c18-12-13-7-8-17(16-6-2-1-5-15(13)16)20-11-9-14-4-3-10-19-14/h1-2,5-8,14,19-20H,3-4,9-11H2/t14-/m0/s1. The first kappa shape index (κ1) is 13.0. The van der Waals surface area contributed by atoms with Gasteiger partial charge in [-0.2, -0.15) is 5.26 Å². The minimum absolute atomic E-state index is 0.659. The van der Waals surface area contributed by atoms with Gasteiger partial charge in [-0.15, -0.1) is 0 Å². The Morgan fingerprint density at radius 2 is 2.05 bits per heavy atom. The minimum Gasteiger partial charge on any atom is -0.384 e. The molecule has 20 heavy (non-hydrogen) atoms. The molecule has 0 aromatic heterocycles. The maximum Gasteiger partial charge on any atom is 0.0998 e. The van der Waals surface area contributed by atoms with Gasteiger partial charge in [0.15, 0.2) is 0 Å². The zero-order chi connectivity index (χ0) is 13.8. The predicted octanol–water partition coefficient (Wildman–Crippen LogP) is 3.27. The first-order valence-corrected chi connectivity index (χ1v) is 7.27. The fourth-order valence-electron chi connectivity index (χ4n) is 2.93. The molecule has 2 aromatic rings. The van der Waals surface area contributed by atoms with Crippen LogP contribution < -0.4 is 10.6 Å². The minimum atomic E-state index is 0.659. The Morgan fingerprint density at radius 3 is 2.80 bits per heavy atom. The van der Waals surface area contributed by atoms with Crippen LogP contribution in [0.25, 0.3) is 10.8 Å². The normalized spacial score (nSPS) is 18.1. The highest BCUT2D eigenvalue weighted by Crippen LogP contribution is 2.26. The highest BCUT2D eigenvalue weighted by atomic mass is 14.9. The second kappa shape index (κ2) is 5.94. The molecular weight excluding hydrogens is 246 g/mol. The molecule has 2 aromatic carbocycles. The van der Waals surface area contributed by atoms with Gasteiger partial charge in [0, 0.05) is 29.0 Å². The summed E-state index contributed by atoms with van der Waals surface area (Å²) in [5.41, 5.74) is 1.86. The zero-order valence-electron chi connectivity index (χ0n) is 11.5. The zero-order valence-corrected chi connectivity index (χ0v) is 11.5. The third-order valence-electron chi connectivity index (χ3n) is 4.02. The smallest absolute Gasteiger partial charge is 0.0998 e. The fraction of sp³-hybridized carbons (Fsp3) is 0.353. The van der Waals surface area contributed by atoms with E-state index in [1.807, 2.05) is 30.3 Å². The number of hydrogen-bond donors (Lipinski definition) is 2. The van der Waals surface area contributed by atoms with Crippen LogP contribution in [0.15, 0.2) is 36.4 Å². The van der Waals surface area contributed by atoms with Gasteiger partial charge in [-0.3, -0.25) is 0 Å². The lowest BCUT2D eigenvalue weighted by Gasteiger charge is -2.13. The predicted molar refractivity (Wildman–Crippen MR) is 82.8 cm³/mol. The molecule has 1 aliphatic rings. The monoisotopic (exact) mass is 265 g/mol. The van der Waals surface area contributed by atoms with Crippen LogP contribution in [-0.4, -0.2) is 19.1 Å². The van der Waals surface area contributed by atoms with Crippen LogP contribution in [0.5, 0.6) is 0 Å². The fourth-order valence-corrected chi connectivity index (χ4v) is 2.93. The van der Waals surface area contributed by atoms with Crippen LogP contribution in [0.2, 0.25) is 0 Å². The van der Waals surface area contributed by atoms with Crippen molar-refractivity contribution in [1.82, 2.24) is 5.32 Å². The Bertz CT molecular complexity index is 636. The van der Waals surface area contributed by atoms with Gasteiger partial charge in [-0.1, -0.05) is 24.3 Å². The number of nitrogens with zero attached hydrogens (tertiary/aromatic N) is 1. The molecule has 0 spiro atoms. The summed E-state index contributed by atoms with van der Waals surface area (Å²) < 4.78 is 0. The Hall–Kier alpha value is -2.05. The number of anilines is 1. The highest BCUT2D eigenvalue weighted by molar-refractivity contribution is 5.97. The molecule has 0 aliphatic carbocycles. The van der Waals surface area contributed by atoms with Crippen LogP contribution in [-0.2, 0) is 0 Å². The van der Waals surface area contributed by atoms with E-state index in [-0.39, 0.29) is 0 Å². The topological polar surface area (TPSA) is 47.9 Å². The van der Waals surface area contributed by atoms with Crippen LogP contribution in [0.1, 0.15) is 24.8 Å². The van der Waals surface area contributed by atoms with Gasteiger partial charge in [0.05, 0.1) is 11.6 Å². The second-order valence-electron chi connectivity index (χ2n) is 5.33. The average Bonchev–Trinajstić information content (AvgIpc) is 3.01. The number of fused-ring (bicyclic) bond motifs is 1. The van der Waals surface area contributed by atoms with E-state index in [1.54, 1.807) is 0 Å². The lowest BCUT2D eigenvalue weighted by atomic mass is 10.0. The number of nitrogens with one attached hydrogen (secondary N) is 2. The van der Waals surface area contributed by atoms with E-state index in [0.29, 0.717) is 6.04 Å². The van der Waals surface area contributed by atoms with E-state index < -0.39 is 0 Å². The van der Waals surface area contributed by atoms with Gasteiger partial charge >= 0.3 is 0 Å². The molecule has 3 rings (SSSR count). The summed E-state index contributed by atoms with van der Waals surface area (Å²) in [5.74, 6) is 0. The molecule has 0 amide bonds. The van der Waals surface area contributed by atoms with Crippen molar-refractivity contribution in [3.05, 3.63) is 42.0 Å². The van der Waals surface area contributed by atoms with Gasteiger partial charge in [-0.25, -0.2) is 0 Å². The van der Waals surface area contributed by atoms with Gasteiger partial charge < -0.3 is 10.6 Å². The molecule has 1 fully saturated rings. The molecule has 102 valence electrons. The van der Waals surface area contributed by atoms with Gasteiger partial charge in [0.25, 0.3) is 0 Å². The third kappa shape index (κ3) is 2.61. The van der Waals surface area contributed by atoms with Crippen LogP contribution in [0.3, 0.4) is 0 Å². The summed E-state index contributed by atoms with van der Waals surface area (Å²) in [5, 5.41) is 18.4. The lowest BCUT2D eigenvalue weighted by molar-refractivity contribution is 0.574. The maximum absolute atomic E-state index is 9.17. The highest BCUT2D eigenvalue weighted by Gasteiger charge is 2.13. The van der Waals surface area contributed by atoms with Crippen molar-refractivity contribution in [1.29, 1.82) is 5.26 Å². The lowest BCUT2D eigenvalue weighted by Crippen LogP contribution is -2.24. The van der Waals surface area contributed by atoms with E-state index in [0.717, 1.165) is 41.5 Å². The van der Waals surface area contributed by atoms with Crippen molar-refractivity contribution in [2.75, 3.05) is 18.4 Å². The molecular formula is C17H19N3. The van der Waals surface area contributed by atoms with Crippen LogP contribution >= 0.6 is 0 Å². The SMILES string of the molecule is N#Cc1ccc(NCC[C@@H]2CCCN2)c2ccccc12. The van der Waals surface area contributed by atoms with Crippen molar-refractivity contribution in [3.8, 4) is 6.07 Å². The molecule has 1 atom stereocenters. The van der Waals surface area contributed by atoms with Crippen molar-refractivity contribution in [2.24, 2.45) is 0 Å². The van der Waals surface area contributed by atoms with E-state index in [1.165, 1.54) is 12.8 Å². The summed E-state index contributed by atoms with van der Waals surface area (Å²) in [7, 11) is 0. The van der Waals surface area contributed by atoms with Crippen molar-refractivity contribution in [3.63, 3.8) is 0 Å². The number of nitriles is 1. The quantitative estimate of drug-likeness (QED) is 0.892. The molecule has 0 saturated carbocycles. The first-order valence-electron chi connectivity index (χ1n) is 7.27. The van der Waals surface area contributed by atoms with Crippen molar-refractivity contribution >= 4 is 16.5 Å². The van der Waals surface area contributed by atoms with E-state index in [4.69, 9.17) is 5.26 Å². The van der Waals surface area contributed by atoms with Crippen LogP contribution in [0.4, 0.5) is 5.69 Å². The molecule has 2 N–H and O–H groups in total. The Kier molecular flexibility index (Phi) is 3.85. The molecule has 1 saturated heterocycles. The van der Waals surface area contributed by atoms with E-state index >= 15 is 0 Å². The Balaban J connectivity index is 1.76. The third-order valence-corrected chi connectivity index (χ3v) is 4.02. The summed E-state index contributed by atoms with van der Waals surface area (Å²) >= 11 is 0. The first-order chi connectivity index (χ1) is 9.88. The number of hydrogen-bond acceptors (Lipinski definition) is 3. The van der Waals surface area contributed by atoms with Crippen molar-refractivity contribution < 1.29 is 0 Å². The molecule has 3 nitrogen and oxygen atoms in total. The van der Waals surface area contributed by atoms with Gasteiger partial charge in [0.2, 0.25) is 0 Å². The number of benzene rings is 2. The molecule has 1 aliphatic heterocycles. The molecule has 0 unspecified atom stereocenters. The summed E-state index contributed by atoms with van der Waals surface area (Å²) in [6.07, 6.45) is 3.73. The average molecular weight is 265 g/mol. The molecule has 3 heteroatoms. The molecule has 0 radical (unpaired) electrons. The van der Waals surface area contributed by atoms with Crippen molar-refractivity contribution in [2.45, 2.75) is 25.3 Å². The molecule has 0 bridgehead atoms. The van der Waals surface area contributed by atoms with Gasteiger partial charge in [0.1, 0.15) is 0 Å². The van der Waals surface area contributed by atoms with E-state index in [9.17, 15) is 0 Å². The van der Waals surface area contributed by atoms with Crippen LogP contribution in [0, 0.1) is 11.3 Å². The summed E-state index contributed by atoms with van der Waals surface area (Å²) in [6.45, 7) is 2.12. The summed E-state index contributed by atoms with van der Waals surface area (Å²) in [4.78, 5) is 0. The van der Waals surface area contributed by atoms with E-state index in [2.05, 4.69) is 22.8 Å². The second-order valence-corrected chi connectivity index (χ2v) is 5.33. The largest absolute Gasteiger partial charge is 0.384 e. The maximum atomic E-state index is 9.17.